The van der Waals surface area contributed by atoms with Gasteiger partial charge in [0.2, 0.25) is 0 Å². The number of carbonyl (C=O) groups is 1. The van der Waals surface area contributed by atoms with Gasteiger partial charge < -0.3 is 9.84 Å². The first-order chi connectivity index (χ1) is 10.1. The summed E-state index contributed by atoms with van der Waals surface area (Å²) in [5.41, 5.74) is 2.33. The number of amides is 1. The first-order valence-electron chi connectivity index (χ1n) is 6.87. The third-order valence-corrected chi connectivity index (χ3v) is 3.11. The second kappa shape index (κ2) is 6.79. The van der Waals surface area contributed by atoms with Crippen molar-refractivity contribution in [2.24, 2.45) is 0 Å². The minimum Gasteiger partial charge on any atom is -0.508 e. The molecule has 0 atom stereocenters. The Balaban J connectivity index is 1.95. The van der Waals surface area contributed by atoms with Gasteiger partial charge in [-0.1, -0.05) is 44.2 Å². The molecule has 0 unspecified atom stereocenters. The Morgan fingerprint density at radius 2 is 1.90 bits per heavy atom. The van der Waals surface area contributed by atoms with Gasteiger partial charge in [-0.05, 0) is 35.2 Å². The van der Waals surface area contributed by atoms with E-state index in [0.29, 0.717) is 5.69 Å². The topological polar surface area (TPSA) is 58.6 Å². The molecule has 0 aromatic heterocycles. The van der Waals surface area contributed by atoms with E-state index >= 15 is 0 Å². The van der Waals surface area contributed by atoms with Gasteiger partial charge in [-0.15, -0.1) is 0 Å². The zero-order chi connectivity index (χ0) is 15.2. The molecular weight excluding hydrogens is 266 g/mol. The summed E-state index contributed by atoms with van der Waals surface area (Å²) >= 11 is 0. The molecule has 2 aromatic rings. The van der Waals surface area contributed by atoms with Crippen molar-refractivity contribution in [3.63, 3.8) is 0 Å². The Morgan fingerprint density at radius 1 is 1.19 bits per heavy atom. The molecule has 0 saturated carbocycles. The van der Waals surface area contributed by atoms with Gasteiger partial charge in [-0.25, -0.2) is 4.79 Å². The number of rotatable bonds is 4. The van der Waals surface area contributed by atoms with Gasteiger partial charge in [0.05, 0.1) is 0 Å². The molecule has 0 radical (unpaired) electrons. The highest BCUT2D eigenvalue weighted by atomic mass is 16.5. The number of phenols is 1. The van der Waals surface area contributed by atoms with Crippen LogP contribution in [-0.2, 0) is 11.3 Å². The molecule has 0 aliphatic carbocycles. The van der Waals surface area contributed by atoms with Gasteiger partial charge in [0, 0.05) is 5.69 Å². The van der Waals surface area contributed by atoms with E-state index in [9.17, 15) is 9.90 Å². The number of benzene rings is 2. The average molecular weight is 285 g/mol. The second-order valence-electron chi connectivity index (χ2n) is 5.12. The molecular formula is C17H19NO3. The van der Waals surface area contributed by atoms with Crippen LogP contribution in [0, 0.1) is 0 Å². The van der Waals surface area contributed by atoms with Crippen LogP contribution >= 0.6 is 0 Å². The van der Waals surface area contributed by atoms with Crippen molar-refractivity contribution in [2.45, 2.75) is 26.4 Å². The minimum absolute atomic E-state index is 0.173. The number of hydrogen-bond acceptors (Lipinski definition) is 3. The Kier molecular flexibility index (Phi) is 4.82. The van der Waals surface area contributed by atoms with Gasteiger partial charge in [-0.2, -0.15) is 0 Å². The first-order valence-corrected chi connectivity index (χ1v) is 6.87. The zero-order valence-corrected chi connectivity index (χ0v) is 12.2. The molecule has 0 spiro atoms. The summed E-state index contributed by atoms with van der Waals surface area (Å²) in [5, 5.41) is 12.4. The molecule has 21 heavy (non-hydrogen) atoms. The quantitative estimate of drug-likeness (QED) is 0.825. The maximum Gasteiger partial charge on any atom is 0.411 e. The summed E-state index contributed by atoms with van der Waals surface area (Å²) in [6.07, 6.45) is -0.515. The van der Waals surface area contributed by atoms with Crippen molar-refractivity contribution >= 4 is 11.8 Å². The van der Waals surface area contributed by atoms with Crippen LogP contribution in [0.5, 0.6) is 5.75 Å². The lowest BCUT2D eigenvalue weighted by atomic mass is 10.0. The Hall–Kier alpha value is -2.49. The van der Waals surface area contributed by atoms with Crippen LogP contribution in [0.4, 0.5) is 10.5 Å². The molecule has 0 heterocycles. The van der Waals surface area contributed by atoms with Gasteiger partial charge in [0.1, 0.15) is 12.4 Å². The van der Waals surface area contributed by atoms with Crippen molar-refractivity contribution in [1.82, 2.24) is 0 Å². The summed E-state index contributed by atoms with van der Waals surface area (Å²) in [5.74, 6) is 0.403. The molecule has 0 fully saturated rings. The average Bonchev–Trinajstić information content (AvgIpc) is 2.48. The molecule has 0 bridgehead atoms. The number of ether oxygens (including phenoxy) is 1. The molecule has 0 aliphatic heterocycles. The van der Waals surface area contributed by atoms with E-state index in [-0.39, 0.29) is 18.3 Å². The van der Waals surface area contributed by atoms with E-state index in [1.165, 1.54) is 0 Å². The Morgan fingerprint density at radius 3 is 2.57 bits per heavy atom. The number of aromatic hydroxyl groups is 1. The molecule has 2 rings (SSSR count). The van der Waals surface area contributed by atoms with Crippen molar-refractivity contribution in [1.29, 1.82) is 0 Å². The zero-order valence-electron chi connectivity index (χ0n) is 12.2. The molecule has 2 aromatic carbocycles. The van der Waals surface area contributed by atoms with Gasteiger partial charge in [-0.3, -0.25) is 5.32 Å². The fraction of sp³-hybridized carbons (Fsp3) is 0.235. The van der Waals surface area contributed by atoms with Crippen LogP contribution < -0.4 is 5.32 Å². The maximum absolute atomic E-state index is 11.8. The highest BCUT2D eigenvalue weighted by Gasteiger charge is 2.09. The second-order valence-corrected chi connectivity index (χ2v) is 5.12. The monoisotopic (exact) mass is 285 g/mol. The summed E-state index contributed by atoms with van der Waals surface area (Å²) in [6, 6.07) is 14.5. The van der Waals surface area contributed by atoms with Gasteiger partial charge >= 0.3 is 6.09 Å². The van der Waals surface area contributed by atoms with Crippen LogP contribution in [0.25, 0.3) is 0 Å². The third-order valence-electron chi connectivity index (χ3n) is 3.11. The predicted molar refractivity (Wildman–Crippen MR) is 82.4 cm³/mol. The molecule has 1 amide bonds. The molecule has 0 aliphatic rings. The highest BCUT2D eigenvalue weighted by molar-refractivity contribution is 5.84. The number of hydrogen-bond donors (Lipinski definition) is 2. The molecule has 4 nitrogen and oxygen atoms in total. The van der Waals surface area contributed by atoms with Gasteiger partial charge in [0.15, 0.2) is 0 Å². The minimum atomic E-state index is -0.515. The van der Waals surface area contributed by atoms with Crippen LogP contribution in [-0.4, -0.2) is 11.2 Å². The van der Waals surface area contributed by atoms with Gasteiger partial charge in [0.25, 0.3) is 0 Å². The fourth-order valence-corrected chi connectivity index (χ4v) is 1.97. The lowest BCUT2D eigenvalue weighted by Gasteiger charge is -2.12. The highest BCUT2D eigenvalue weighted by Crippen LogP contribution is 2.28. The maximum atomic E-state index is 11.8. The van der Waals surface area contributed by atoms with Crippen LogP contribution in [0.2, 0.25) is 0 Å². The lowest BCUT2D eigenvalue weighted by molar-refractivity contribution is 0.155. The third kappa shape index (κ3) is 4.24. The lowest BCUT2D eigenvalue weighted by Crippen LogP contribution is -2.13. The molecule has 0 saturated heterocycles. The van der Waals surface area contributed by atoms with E-state index in [4.69, 9.17) is 4.74 Å². The van der Waals surface area contributed by atoms with E-state index in [2.05, 4.69) is 5.32 Å². The molecule has 110 valence electrons. The Labute approximate surface area is 124 Å². The summed E-state index contributed by atoms with van der Waals surface area (Å²) in [6.45, 7) is 4.18. The summed E-state index contributed by atoms with van der Waals surface area (Å²) in [7, 11) is 0. The van der Waals surface area contributed by atoms with Crippen molar-refractivity contribution in [3.8, 4) is 5.75 Å². The van der Waals surface area contributed by atoms with Crippen molar-refractivity contribution < 1.29 is 14.6 Å². The van der Waals surface area contributed by atoms with Crippen molar-refractivity contribution in [3.05, 3.63) is 59.7 Å². The standard InChI is InChI=1S/C17H19NO3/c1-12(2)15-10-14(8-9-16(15)19)18-17(20)21-11-13-6-4-3-5-7-13/h3-10,12,19H,11H2,1-2H3,(H,18,20). The molecule has 4 heteroatoms. The van der Waals surface area contributed by atoms with Crippen LogP contribution in [0.3, 0.4) is 0 Å². The van der Waals surface area contributed by atoms with E-state index in [0.717, 1.165) is 11.1 Å². The number of anilines is 1. The number of nitrogens with one attached hydrogen (secondary N) is 1. The largest absolute Gasteiger partial charge is 0.508 e. The van der Waals surface area contributed by atoms with Crippen LogP contribution in [0.1, 0.15) is 30.9 Å². The van der Waals surface area contributed by atoms with Crippen molar-refractivity contribution in [2.75, 3.05) is 5.32 Å². The fourth-order valence-electron chi connectivity index (χ4n) is 1.97. The van der Waals surface area contributed by atoms with Crippen LogP contribution in [0.15, 0.2) is 48.5 Å². The normalized spacial score (nSPS) is 10.4. The smallest absolute Gasteiger partial charge is 0.411 e. The van der Waals surface area contributed by atoms with E-state index in [1.807, 2.05) is 44.2 Å². The summed E-state index contributed by atoms with van der Waals surface area (Å²) in [4.78, 5) is 11.8. The Bertz CT molecular complexity index is 609. The first kappa shape index (κ1) is 14.9. The molecule has 2 N–H and O–H groups in total. The van der Waals surface area contributed by atoms with E-state index < -0.39 is 6.09 Å². The number of carbonyl (C=O) groups excluding carboxylic acids is 1. The predicted octanol–water partition coefficient (Wildman–Crippen LogP) is 4.26. The SMILES string of the molecule is CC(C)c1cc(NC(=O)OCc2ccccc2)ccc1O. The number of phenolic OH excluding ortho intramolecular Hbond substituents is 1. The summed E-state index contributed by atoms with van der Waals surface area (Å²) < 4.78 is 5.15. The van der Waals surface area contributed by atoms with E-state index in [1.54, 1.807) is 18.2 Å².